The Balaban J connectivity index is 0.00000181. The number of likely N-dealkylation sites (tertiary alicyclic amines) is 1. The van der Waals surface area contributed by atoms with Gasteiger partial charge >= 0.3 is 0 Å². The van der Waals surface area contributed by atoms with Gasteiger partial charge in [0.15, 0.2) is 0 Å². The molecule has 0 aliphatic carbocycles. The van der Waals surface area contributed by atoms with Gasteiger partial charge in [0, 0.05) is 69.3 Å². The highest BCUT2D eigenvalue weighted by Gasteiger charge is 2.17. The lowest BCUT2D eigenvalue weighted by Crippen LogP contribution is -2.18. The maximum atomic E-state index is 6.32. The Bertz CT molecular complexity index is 1550. The second-order valence-electron chi connectivity index (χ2n) is 9.93. The summed E-state index contributed by atoms with van der Waals surface area (Å²) in [4.78, 5) is 22.2. The number of aryl methyl sites for hydroxylation is 1. The number of hydrogen-bond donors (Lipinski definition) is 2. The van der Waals surface area contributed by atoms with E-state index in [1.165, 1.54) is 18.4 Å². The number of aromatic nitrogens is 4. The van der Waals surface area contributed by atoms with Gasteiger partial charge in [0.25, 0.3) is 0 Å². The van der Waals surface area contributed by atoms with Crippen LogP contribution in [0.4, 0.5) is 5.82 Å². The van der Waals surface area contributed by atoms with Crippen LogP contribution in [0, 0.1) is 19.8 Å². The van der Waals surface area contributed by atoms with Gasteiger partial charge in [-0.05, 0) is 75.2 Å². The Labute approximate surface area is 241 Å². The number of hydrogen-bond acceptors (Lipinski definition) is 6. The number of H-pyrrole nitrogens is 1. The molecule has 1 fully saturated rings. The second kappa shape index (κ2) is 13.2. The van der Waals surface area contributed by atoms with Gasteiger partial charge in [0.1, 0.15) is 11.6 Å². The van der Waals surface area contributed by atoms with Crippen LogP contribution in [0.1, 0.15) is 57.9 Å². The van der Waals surface area contributed by atoms with Crippen LogP contribution < -0.4 is 5.73 Å². The molecule has 1 saturated heterocycles. The molecule has 0 radical (unpaired) electrons. The molecule has 0 aromatic carbocycles. The van der Waals surface area contributed by atoms with Crippen LogP contribution in [0.2, 0.25) is 0 Å². The first-order valence-electron chi connectivity index (χ1n) is 13.3. The molecule has 0 amide bonds. The van der Waals surface area contributed by atoms with E-state index in [1.54, 1.807) is 17.4 Å². The summed E-state index contributed by atoms with van der Waals surface area (Å²) in [7, 11) is 0. The van der Waals surface area contributed by atoms with Gasteiger partial charge < -0.3 is 10.7 Å². The number of rotatable bonds is 9. The summed E-state index contributed by atoms with van der Waals surface area (Å²) in [6.07, 6.45) is 20.6. The van der Waals surface area contributed by atoms with Crippen molar-refractivity contribution in [1.82, 2.24) is 24.8 Å². The summed E-state index contributed by atoms with van der Waals surface area (Å²) in [6.45, 7) is 15.3. The molecule has 4 aromatic rings. The molecule has 5 rings (SSSR count). The average Bonchev–Trinajstić information content (AvgIpc) is 3.72. The Hall–Kier alpha value is -4.25. The number of terminal acetylenes is 1. The Morgan fingerprint density at radius 3 is 2.55 bits per heavy atom. The lowest BCUT2D eigenvalue weighted by Gasteiger charge is -2.15. The number of pyridine rings is 2. The number of nitrogen functional groups attached to an aromatic ring is 1. The zero-order chi connectivity index (χ0) is 28.6. The monoisotopic (exact) mass is 548 g/mol. The number of anilines is 1. The largest absolute Gasteiger partial charge is 0.383 e. The van der Waals surface area contributed by atoms with Gasteiger partial charge in [-0.2, -0.15) is 0 Å². The highest BCUT2D eigenvalue weighted by molar-refractivity contribution is 7.14. The van der Waals surface area contributed by atoms with E-state index in [1.807, 2.05) is 38.5 Å². The number of thiophene rings is 1. The van der Waals surface area contributed by atoms with Crippen molar-refractivity contribution in [1.29, 1.82) is 0 Å². The van der Waals surface area contributed by atoms with Crippen LogP contribution in [0.15, 0.2) is 68.2 Å². The summed E-state index contributed by atoms with van der Waals surface area (Å²) >= 11 is 1.71. The molecule has 6 nitrogen and oxygen atoms in total. The van der Waals surface area contributed by atoms with Crippen molar-refractivity contribution in [2.45, 2.75) is 39.7 Å². The van der Waals surface area contributed by atoms with E-state index in [0.29, 0.717) is 12.2 Å². The maximum absolute atomic E-state index is 6.32. The maximum Gasteiger partial charge on any atom is 0.127 e. The minimum absolute atomic E-state index is 0.511. The minimum atomic E-state index is 0.511. The highest BCUT2D eigenvalue weighted by Crippen LogP contribution is 2.33. The molecular formula is C33H36N6S. The number of nitrogens with two attached hydrogens (primary N) is 1. The third-order valence-corrected chi connectivity index (χ3v) is 8.14. The van der Waals surface area contributed by atoms with Crippen molar-refractivity contribution < 1.29 is 0 Å². The summed E-state index contributed by atoms with van der Waals surface area (Å²) in [5.74, 6) is 1.35. The van der Waals surface area contributed by atoms with Crippen LogP contribution in [0.5, 0.6) is 0 Å². The van der Waals surface area contributed by atoms with Crippen LogP contribution in [-0.2, 0) is 13.0 Å². The van der Waals surface area contributed by atoms with Crippen molar-refractivity contribution in [2.24, 2.45) is 0 Å². The van der Waals surface area contributed by atoms with E-state index < -0.39 is 0 Å². The fourth-order valence-electron chi connectivity index (χ4n) is 4.91. The fraction of sp³-hybridized carbons (Fsp3) is 0.242. The summed E-state index contributed by atoms with van der Waals surface area (Å²) in [6, 6.07) is 8.55. The van der Waals surface area contributed by atoms with Gasteiger partial charge in [0.05, 0.1) is 5.69 Å². The van der Waals surface area contributed by atoms with Crippen molar-refractivity contribution in [3.8, 4) is 24.0 Å². The normalized spacial score (nSPS) is 13.6. The average molecular weight is 549 g/mol. The molecule has 0 spiro atoms. The Morgan fingerprint density at radius 2 is 1.85 bits per heavy atom. The zero-order valence-electron chi connectivity index (χ0n) is 23.3. The molecule has 1 aliphatic heterocycles. The molecule has 7 heteroatoms. The van der Waals surface area contributed by atoms with Crippen LogP contribution in [-0.4, -0.2) is 37.9 Å². The fourth-order valence-corrected chi connectivity index (χ4v) is 5.87. The first kappa shape index (κ1) is 28.8. The molecule has 0 atom stereocenters. The van der Waals surface area contributed by atoms with Crippen molar-refractivity contribution in [3.05, 3.63) is 106 Å². The number of aromatic amines is 1. The van der Waals surface area contributed by atoms with Crippen LogP contribution in [0.3, 0.4) is 0 Å². The third-order valence-electron chi connectivity index (χ3n) is 6.86. The van der Waals surface area contributed by atoms with E-state index in [4.69, 9.17) is 10.7 Å². The van der Waals surface area contributed by atoms with Gasteiger partial charge in [-0.25, -0.2) is 9.97 Å². The molecule has 0 saturated carbocycles. The Morgan fingerprint density at radius 1 is 1.12 bits per heavy atom. The Kier molecular flexibility index (Phi) is 9.49. The first-order valence-corrected chi connectivity index (χ1v) is 14.1. The molecule has 204 valence electrons. The van der Waals surface area contributed by atoms with Gasteiger partial charge in [-0.1, -0.05) is 25.3 Å². The highest BCUT2D eigenvalue weighted by atomic mass is 32.1. The number of imidazole rings is 1. The summed E-state index contributed by atoms with van der Waals surface area (Å²) < 4.78 is 0. The van der Waals surface area contributed by atoms with E-state index in [2.05, 4.69) is 70.1 Å². The standard InChI is InChI=1S/C31H34N6S.C2H2/c1-5-8-26(28-10-9-27(38-28)20(2)3)30-21(4)35-29(36-30)15-23-14-25(18-34-31(23)32)24-13-22(16-33-17-24)19-37-11-6-7-12-37;1-2/h5,8-10,13-14,16-18H,1-2,6-7,11-12,15,19H2,3-4H3,(H2,32,34)(H,35,36);1-2H/b26-8-;. The molecular weight excluding hydrogens is 512 g/mol. The van der Waals surface area contributed by atoms with Crippen LogP contribution in [0.25, 0.3) is 22.3 Å². The predicted molar refractivity (Wildman–Crippen MR) is 169 cm³/mol. The molecule has 4 aromatic heterocycles. The van der Waals surface area contributed by atoms with Crippen molar-refractivity contribution in [3.63, 3.8) is 0 Å². The molecule has 0 unspecified atom stereocenters. The van der Waals surface area contributed by atoms with Gasteiger partial charge in [0.2, 0.25) is 0 Å². The van der Waals surface area contributed by atoms with E-state index >= 15 is 0 Å². The zero-order valence-corrected chi connectivity index (χ0v) is 24.1. The number of nitrogens with one attached hydrogen (secondary N) is 1. The SMILES string of the molecule is C#C.C=C/C=C(/c1ccc(C(=C)C)s1)c1nc(Cc2cc(-c3cncc(CN4CCCC4)c3)cnc2N)[nH]c1C. The van der Waals surface area contributed by atoms with Gasteiger partial charge in [-0.3, -0.25) is 9.88 Å². The minimum Gasteiger partial charge on any atom is -0.383 e. The molecule has 3 N–H and O–H groups in total. The van der Waals surface area contributed by atoms with Gasteiger partial charge in [-0.15, -0.1) is 24.2 Å². The quantitative estimate of drug-likeness (QED) is 0.175. The van der Waals surface area contributed by atoms with Crippen molar-refractivity contribution >= 4 is 28.3 Å². The topological polar surface area (TPSA) is 83.7 Å². The second-order valence-corrected chi connectivity index (χ2v) is 11.0. The molecule has 40 heavy (non-hydrogen) atoms. The number of nitrogens with zero attached hydrogens (tertiary/aromatic N) is 4. The molecule has 0 bridgehead atoms. The predicted octanol–water partition coefficient (Wildman–Crippen LogP) is 6.91. The van der Waals surface area contributed by atoms with E-state index in [0.717, 1.165) is 74.4 Å². The van der Waals surface area contributed by atoms with Crippen molar-refractivity contribution in [2.75, 3.05) is 18.8 Å². The smallest absolute Gasteiger partial charge is 0.127 e. The molecule has 1 aliphatic rings. The third kappa shape index (κ3) is 6.66. The molecule has 5 heterocycles. The van der Waals surface area contributed by atoms with E-state index in [9.17, 15) is 0 Å². The van der Waals surface area contributed by atoms with Crippen LogP contribution >= 0.6 is 11.3 Å². The van der Waals surface area contributed by atoms with E-state index in [-0.39, 0.29) is 0 Å². The summed E-state index contributed by atoms with van der Waals surface area (Å²) in [5.41, 5.74) is 14.5. The summed E-state index contributed by atoms with van der Waals surface area (Å²) in [5, 5.41) is 0. The lowest BCUT2D eigenvalue weighted by molar-refractivity contribution is 0.331. The first-order chi connectivity index (χ1) is 19.4. The lowest BCUT2D eigenvalue weighted by atomic mass is 10.0. The number of allylic oxidation sites excluding steroid dienone is 3.